The van der Waals surface area contributed by atoms with Crippen molar-refractivity contribution in [2.75, 3.05) is 19.6 Å². The third-order valence-electron chi connectivity index (χ3n) is 4.46. The van der Waals surface area contributed by atoms with Gasteiger partial charge in [0.2, 0.25) is 0 Å². The minimum absolute atomic E-state index is 0.503. The van der Waals surface area contributed by atoms with Crippen molar-refractivity contribution in [1.29, 1.82) is 0 Å². The molecule has 1 aliphatic heterocycles. The minimum atomic E-state index is 0.503. The lowest BCUT2D eigenvalue weighted by molar-refractivity contribution is 0.250. The highest BCUT2D eigenvalue weighted by Crippen LogP contribution is 2.20. The number of thiophene rings is 1. The van der Waals surface area contributed by atoms with Gasteiger partial charge in [-0.3, -0.25) is 9.89 Å². The van der Waals surface area contributed by atoms with Gasteiger partial charge in [0, 0.05) is 24.0 Å². The Labute approximate surface area is 148 Å². The van der Waals surface area contributed by atoms with Gasteiger partial charge in [0.15, 0.2) is 5.96 Å². The average molecular weight is 343 g/mol. The van der Waals surface area contributed by atoms with E-state index in [2.05, 4.69) is 63.1 Å². The van der Waals surface area contributed by atoms with Crippen molar-refractivity contribution in [3.05, 3.63) is 58.3 Å². The third-order valence-corrected chi connectivity index (χ3v) is 5.39. The second kappa shape index (κ2) is 8.85. The van der Waals surface area contributed by atoms with E-state index in [9.17, 15) is 0 Å². The number of rotatable bonds is 7. The van der Waals surface area contributed by atoms with Crippen LogP contribution in [0.5, 0.6) is 0 Å². The second-order valence-electron chi connectivity index (χ2n) is 6.23. The molecule has 0 radical (unpaired) electrons. The summed E-state index contributed by atoms with van der Waals surface area (Å²) in [6.07, 6.45) is 3.45. The quantitative estimate of drug-likeness (QED) is 0.601. The van der Waals surface area contributed by atoms with Gasteiger partial charge >= 0.3 is 0 Å². The maximum Gasteiger partial charge on any atom is 0.188 e. The lowest BCUT2D eigenvalue weighted by Gasteiger charge is -2.23. The van der Waals surface area contributed by atoms with E-state index in [1.807, 2.05) is 0 Å². The Hall–Kier alpha value is -1.85. The highest BCUT2D eigenvalue weighted by Gasteiger charge is 2.24. The molecule has 2 heterocycles. The molecule has 1 atom stereocenters. The molecule has 4 nitrogen and oxygen atoms in total. The molecule has 24 heavy (non-hydrogen) atoms. The van der Waals surface area contributed by atoms with Crippen LogP contribution in [0.1, 0.15) is 23.3 Å². The lowest BCUT2D eigenvalue weighted by atomic mass is 10.2. The number of guanidine groups is 1. The van der Waals surface area contributed by atoms with E-state index in [1.165, 1.54) is 23.3 Å². The number of hydrogen-bond donors (Lipinski definition) is 2. The largest absolute Gasteiger partial charge is 0.370 e. The van der Waals surface area contributed by atoms with Crippen molar-refractivity contribution >= 4 is 17.3 Å². The summed E-state index contributed by atoms with van der Waals surface area (Å²) in [4.78, 5) is 8.46. The average Bonchev–Trinajstić information content (AvgIpc) is 3.26. The first kappa shape index (κ1) is 17.0. The number of likely N-dealkylation sites (tertiary alicyclic amines) is 1. The van der Waals surface area contributed by atoms with Crippen molar-refractivity contribution in [1.82, 2.24) is 10.2 Å². The molecule has 0 spiro atoms. The van der Waals surface area contributed by atoms with Crippen LogP contribution in [-0.2, 0) is 13.0 Å². The fourth-order valence-electron chi connectivity index (χ4n) is 3.16. The standard InChI is InChI=1S/C19H26N4S/c20-19(21-11-10-18-9-5-13-24-18)22-14-17-8-4-12-23(17)15-16-6-2-1-3-7-16/h1-3,5-7,9,13,17H,4,8,10-12,14-15H2,(H3,20,21,22). The number of hydrogen-bond acceptors (Lipinski definition) is 3. The smallest absolute Gasteiger partial charge is 0.188 e. The Morgan fingerprint density at radius 2 is 2.12 bits per heavy atom. The maximum absolute atomic E-state index is 6.01. The number of benzene rings is 1. The van der Waals surface area contributed by atoms with Gasteiger partial charge in [-0.25, -0.2) is 0 Å². The lowest BCUT2D eigenvalue weighted by Crippen LogP contribution is -2.36. The van der Waals surface area contributed by atoms with Crippen LogP contribution in [0.4, 0.5) is 0 Å². The molecule has 0 aliphatic carbocycles. The Balaban J connectivity index is 1.43. The first-order valence-electron chi connectivity index (χ1n) is 8.65. The van der Waals surface area contributed by atoms with Gasteiger partial charge in [-0.1, -0.05) is 36.4 Å². The molecular weight excluding hydrogens is 316 g/mol. The molecule has 1 aromatic carbocycles. The van der Waals surface area contributed by atoms with Crippen LogP contribution in [0, 0.1) is 0 Å². The topological polar surface area (TPSA) is 53.6 Å². The minimum Gasteiger partial charge on any atom is -0.370 e. The highest BCUT2D eigenvalue weighted by atomic mass is 32.1. The third kappa shape index (κ3) is 5.08. The predicted octanol–water partition coefficient (Wildman–Crippen LogP) is 2.86. The van der Waals surface area contributed by atoms with E-state index in [-0.39, 0.29) is 0 Å². The van der Waals surface area contributed by atoms with E-state index < -0.39 is 0 Å². The molecule has 1 unspecified atom stereocenters. The molecule has 1 aromatic heterocycles. The second-order valence-corrected chi connectivity index (χ2v) is 7.27. The molecular formula is C19H26N4S. The first-order chi connectivity index (χ1) is 11.8. The van der Waals surface area contributed by atoms with Gasteiger partial charge < -0.3 is 11.1 Å². The zero-order chi connectivity index (χ0) is 16.6. The summed E-state index contributed by atoms with van der Waals surface area (Å²) in [5.41, 5.74) is 7.38. The number of aliphatic imine (C=N–C) groups is 1. The van der Waals surface area contributed by atoms with Gasteiger partial charge in [-0.15, -0.1) is 11.3 Å². The number of nitrogens with one attached hydrogen (secondary N) is 1. The Bertz CT molecular complexity index is 624. The van der Waals surface area contributed by atoms with Crippen LogP contribution < -0.4 is 11.1 Å². The Kier molecular flexibility index (Phi) is 6.26. The van der Waals surface area contributed by atoms with Crippen molar-refractivity contribution in [2.45, 2.75) is 31.8 Å². The van der Waals surface area contributed by atoms with Crippen molar-refractivity contribution in [2.24, 2.45) is 10.7 Å². The van der Waals surface area contributed by atoms with Crippen molar-refractivity contribution < 1.29 is 0 Å². The molecule has 2 aromatic rings. The Morgan fingerprint density at radius 3 is 2.92 bits per heavy atom. The number of nitrogens with zero attached hydrogens (tertiary/aromatic N) is 2. The molecule has 3 N–H and O–H groups in total. The van der Waals surface area contributed by atoms with E-state index >= 15 is 0 Å². The van der Waals surface area contributed by atoms with Crippen molar-refractivity contribution in [3.63, 3.8) is 0 Å². The van der Waals surface area contributed by atoms with Crippen LogP contribution in [0.3, 0.4) is 0 Å². The van der Waals surface area contributed by atoms with Gasteiger partial charge in [-0.2, -0.15) is 0 Å². The van der Waals surface area contributed by atoms with E-state index in [0.29, 0.717) is 12.0 Å². The Morgan fingerprint density at radius 1 is 1.25 bits per heavy atom. The van der Waals surface area contributed by atoms with Crippen molar-refractivity contribution in [3.8, 4) is 0 Å². The summed E-state index contributed by atoms with van der Waals surface area (Å²) in [7, 11) is 0. The monoisotopic (exact) mass is 342 g/mol. The summed E-state index contributed by atoms with van der Waals surface area (Å²) in [6, 6.07) is 15.4. The molecule has 1 saturated heterocycles. The molecule has 128 valence electrons. The van der Waals surface area contributed by atoms with Gasteiger partial charge in [0.25, 0.3) is 0 Å². The molecule has 0 amide bonds. The zero-order valence-corrected chi connectivity index (χ0v) is 14.8. The van der Waals surface area contributed by atoms with Crippen LogP contribution in [0.2, 0.25) is 0 Å². The molecule has 0 bridgehead atoms. The molecule has 1 fully saturated rings. The van der Waals surface area contributed by atoms with Gasteiger partial charge in [0.05, 0.1) is 6.54 Å². The maximum atomic E-state index is 6.01. The zero-order valence-electron chi connectivity index (χ0n) is 14.0. The fourth-order valence-corrected chi connectivity index (χ4v) is 3.87. The highest BCUT2D eigenvalue weighted by molar-refractivity contribution is 7.09. The van der Waals surface area contributed by atoms with Gasteiger partial charge in [-0.05, 0) is 42.8 Å². The molecule has 3 rings (SSSR count). The molecule has 0 saturated carbocycles. The normalized spacial score (nSPS) is 18.8. The predicted molar refractivity (Wildman–Crippen MR) is 102 cm³/mol. The SMILES string of the molecule is NC(=NCC1CCCN1Cc1ccccc1)NCCc1cccs1. The number of nitrogens with two attached hydrogens (primary N) is 1. The summed E-state index contributed by atoms with van der Waals surface area (Å²) in [5, 5.41) is 5.33. The fraction of sp³-hybridized carbons (Fsp3) is 0.421. The van der Waals surface area contributed by atoms with Gasteiger partial charge in [0.1, 0.15) is 0 Å². The summed E-state index contributed by atoms with van der Waals surface area (Å²) < 4.78 is 0. The summed E-state index contributed by atoms with van der Waals surface area (Å²) >= 11 is 1.78. The van der Waals surface area contributed by atoms with E-state index in [0.717, 1.165) is 32.6 Å². The van der Waals surface area contributed by atoms with Crippen LogP contribution in [-0.4, -0.2) is 36.5 Å². The summed E-state index contributed by atoms with van der Waals surface area (Å²) in [5.74, 6) is 0.568. The van der Waals surface area contributed by atoms with Crippen LogP contribution in [0.15, 0.2) is 52.8 Å². The molecule has 5 heteroatoms. The first-order valence-corrected chi connectivity index (χ1v) is 9.53. The van der Waals surface area contributed by atoms with Crippen LogP contribution in [0.25, 0.3) is 0 Å². The summed E-state index contributed by atoms with van der Waals surface area (Å²) in [6.45, 7) is 3.78. The molecule has 1 aliphatic rings. The van der Waals surface area contributed by atoms with Crippen LogP contribution >= 0.6 is 11.3 Å². The van der Waals surface area contributed by atoms with E-state index in [1.54, 1.807) is 11.3 Å². The van der Waals surface area contributed by atoms with E-state index in [4.69, 9.17) is 5.73 Å².